The molecule has 0 aromatic heterocycles. The highest BCUT2D eigenvalue weighted by atomic mass is 32.2. The molecule has 230 valence electrons. The molecule has 1 atom stereocenters. The Hall–Kier alpha value is -4.43. The van der Waals surface area contributed by atoms with Crippen LogP contribution >= 0.6 is 0 Å². The molecule has 0 saturated heterocycles. The summed E-state index contributed by atoms with van der Waals surface area (Å²) in [5.74, 6) is -0.755. The van der Waals surface area contributed by atoms with Gasteiger partial charge in [-0.2, -0.15) is 0 Å². The molecular formula is C36H41N3O4S. The number of amides is 2. The minimum absolute atomic E-state index is 0.0882. The van der Waals surface area contributed by atoms with Gasteiger partial charge in [-0.05, 0) is 73.7 Å². The quantitative estimate of drug-likeness (QED) is 0.202. The van der Waals surface area contributed by atoms with Gasteiger partial charge in [-0.3, -0.25) is 13.9 Å². The smallest absolute Gasteiger partial charge is 0.264 e. The highest BCUT2D eigenvalue weighted by Gasteiger charge is 2.34. The molecule has 4 aromatic rings. The van der Waals surface area contributed by atoms with Crippen molar-refractivity contribution in [2.45, 2.75) is 58.0 Å². The van der Waals surface area contributed by atoms with E-state index in [4.69, 9.17) is 0 Å². The van der Waals surface area contributed by atoms with Crippen molar-refractivity contribution >= 4 is 27.5 Å². The van der Waals surface area contributed by atoms with Crippen LogP contribution in [0.3, 0.4) is 0 Å². The van der Waals surface area contributed by atoms with Crippen LogP contribution in [0.2, 0.25) is 0 Å². The average molecular weight is 612 g/mol. The van der Waals surface area contributed by atoms with Gasteiger partial charge in [0, 0.05) is 19.5 Å². The maximum absolute atomic E-state index is 14.5. The van der Waals surface area contributed by atoms with Crippen molar-refractivity contribution in [2.24, 2.45) is 0 Å². The zero-order valence-corrected chi connectivity index (χ0v) is 26.7. The van der Waals surface area contributed by atoms with Gasteiger partial charge in [0.1, 0.15) is 12.6 Å². The van der Waals surface area contributed by atoms with Crippen molar-refractivity contribution in [2.75, 3.05) is 17.4 Å². The van der Waals surface area contributed by atoms with Crippen LogP contribution in [-0.2, 0) is 32.6 Å². The summed E-state index contributed by atoms with van der Waals surface area (Å²) < 4.78 is 29.5. The molecule has 0 saturated carbocycles. The number of nitrogens with zero attached hydrogens (tertiary/aromatic N) is 2. The fraction of sp³-hybridized carbons (Fsp3) is 0.278. The highest BCUT2D eigenvalue weighted by Crippen LogP contribution is 2.27. The number of carbonyl (C=O) groups is 2. The third kappa shape index (κ3) is 8.14. The van der Waals surface area contributed by atoms with E-state index < -0.39 is 28.5 Å². The Balaban J connectivity index is 1.80. The minimum atomic E-state index is -4.14. The fourth-order valence-electron chi connectivity index (χ4n) is 4.95. The third-order valence-electron chi connectivity index (χ3n) is 7.68. The first-order valence-corrected chi connectivity index (χ1v) is 16.4. The van der Waals surface area contributed by atoms with E-state index in [9.17, 15) is 18.0 Å². The second kappa shape index (κ2) is 14.8. The van der Waals surface area contributed by atoms with Gasteiger partial charge in [-0.25, -0.2) is 8.42 Å². The first-order chi connectivity index (χ1) is 21.1. The maximum atomic E-state index is 14.5. The van der Waals surface area contributed by atoms with E-state index in [2.05, 4.69) is 5.32 Å². The van der Waals surface area contributed by atoms with E-state index in [1.54, 1.807) is 36.4 Å². The zero-order chi connectivity index (χ0) is 31.7. The number of sulfonamides is 1. The Kier molecular flexibility index (Phi) is 11.0. The molecular weight excluding hydrogens is 570 g/mol. The first kappa shape index (κ1) is 32.5. The summed E-state index contributed by atoms with van der Waals surface area (Å²) in [6.07, 6.45) is 1.02. The van der Waals surface area contributed by atoms with E-state index in [0.717, 1.165) is 38.5 Å². The van der Waals surface area contributed by atoms with E-state index in [-0.39, 0.29) is 23.8 Å². The maximum Gasteiger partial charge on any atom is 0.264 e. The molecule has 1 N–H and O–H groups in total. The molecule has 0 heterocycles. The number of anilines is 1. The lowest BCUT2D eigenvalue weighted by atomic mass is 10.0. The molecule has 0 aliphatic rings. The van der Waals surface area contributed by atoms with Crippen LogP contribution < -0.4 is 9.62 Å². The molecule has 44 heavy (non-hydrogen) atoms. The van der Waals surface area contributed by atoms with Gasteiger partial charge in [0.25, 0.3) is 10.0 Å². The van der Waals surface area contributed by atoms with Crippen molar-refractivity contribution in [3.63, 3.8) is 0 Å². The van der Waals surface area contributed by atoms with Crippen molar-refractivity contribution in [1.82, 2.24) is 10.2 Å². The lowest BCUT2D eigenvalue weighted by molar-refractivity contribution is -0.140. The lowest BCUT2D eigenvalue weighted by Gasteiger charge is -2.34. The Bertz CT molecular complexity index is 1660. The molecule has 0 unspecified atom stereocenters. The molecule has 0 aliphatic heterocycles. The molecule has 0 fully saturated rings. The van der Waals surface area contributed by atoms with Crippen LogP contribution in [0.4, 0.5) is 5.69 Å². The minimum Gasteiger partial charge on any atom is -0.354 e. The summed E-state index contributed by atoms with van der Waals surface area (Å²) in [6.45, 7) is 7.85. The van der Waals surface area contributed by atoms with Crippen LogP contribution in [-0.4, -0.2) is 44.3 Å². The van der Waals surface area contributed by atoms with Crippen LogP contribution in [0.15, 0.2) is 108 Å². The van der Waals surface area contributed by atoms with E-state index in [0.29, 0.717) is 12.2 Å². The topological polar surface area (TPSA) is 86.8 Å². The fourth-order valence-corrected chi connectivity index (χ4v) is 6.35. The molecule has 4 aromatic carbocycles. The van der Waals surface area contributed by atoms with Crippen molar-refractivity contribution in [3.05, 3.63) is 131 Å². The molecule has 0 spiro atoms. The number of benzene rings is 4. The van der Waals surface area contributed by atoms with Gasteiger partial charge in [0.2, 0.25) is 11.8 Å². The molecule has 2 amide bonds. The number of hydrogen-bond acceptors (Lipinski definition) is 4. The van der Waals surface area contributed by atoms with Gasteiger partial charge in [-0.1, -0.05) is 91.3 Å². The number of carbonyl (C=O) groups excluding carboxylic acids is 2. The number of nitrogens with one attached hydrogen (secondary N) is 1. The van der Waals surface area contributed by atoms with Crippen molar-refractivity contribution in [3.8, 4) is 0 Å². The molecule has 7 nitrogen and oxygen atoms in total. The number of aryl methyl sites for hydroxylation is 3. The van der Waals surface area contributed by atoms with Gasteiger partial charge in [-0.15, -0.1) is 0 Å². The van der Waals surface area contributed by atoms with E-state index >= 15 is 0 Å². The summed E-state index contributed by atoms with van der Waals surface area (Å²) in [5, 5.41) is 2.97. The number of hydrogen-bond donors (Lipinski definition) is 1. The zero-order valence-electron chi connectivity index (χ0n) is 25.9. The average Bonchev–Trinajstić information content (AvgIpc) is 3.02. The second-order valence-corrected chi connectivity index (χ2v) is 13.0. The van der Waals surface area contributed by atoms with Crippen LogP contribution in [0.25, 0.3) is 0 Å². The Labute approximate surface area is 261 Å². The predicted octanol–water partition coefficient (Wildman–Crippen LogP) is 5.97. The van der Waals surface area contributed by atoms with Crippen LogP contribution in [0.5, 0.6) is 0 Å². The second-order valence-electron chi connectivity index (χ2n) is 11.1. The van der Waals surface area contributed by atoms with E-state index in [1.165, 1.54) is 4.90 Å². The van der Waals surface area contributed by atoms with Crippen molar-refractivity contribution in [1.29, 1.82) is 0 Å². The highest BCUT2D eigenvalue weighted by molar-refractivity contribution is 7.92. The van der Waals surface area contributed by atoms with Gasteiger partial charge < -0.3 is 10.2 Å². The Morgan fingerprint density at radius 1 is 0.773 bits per heavy atom. The lowest BCUT2D eigenvalue weighted by Crippen LogP contribution is -2.53. The monoisotopic (exact) mass is 611 g/mol. The van der Waals surface area contributed by atoms with Gasteiger partial charge in [0.15, 0.2) is 0 Å². The SMILES string of the molecule is CCCNC(=O)[C@H](Cc1ccccc1)N(Cc1ccccc1)C(=O)CN(c1ccc(C)c(C)c1)S(=O)(=O)c1ccc(C)cc1. The summed E-state index contributed by atoms with van der Waals surface area (Å²) in [7, 11) is -4.14. The van der Waals surface area contributed by atoms with Gasteiger partial charge >= 0.3 is 0 Å². The van der Waals surface area contributed by atoms with Crippen molar-refractivity contribution < 1.29 is 18.0 Å². The molecule has 0 bridgehead atoms. The number of rotatable bonds is 13. The summed E-state index contributed by atoms with van der Waals surface area (Å²) >= 11 is 0. The molecule has 0 aliphatic carbocycles. The molecule has 4 rings (SSSR count). The summed E-state index contributed by atoms with van der Waals surface area (Å²) in [6, 6.07) is 30.1. The molecule has 0 radical (unpaired) electrons. The Morgan fingerprint density at radius 2 is 1.39 bits per heavy atom. The normalized spacial score (nSPS) is 11.9. The van der Waals surface area contributed by atoms with Gasteiger partial charge in [0.05, 0.1) is 10.6 Å². The van der Waals surface area contributed by atoms with Crippen LogP contribution in [0.1, 0.15) is 41.2 Å². The van der Waals surface area contributed by atoms with E-state index in [1.807, 2.05) is 94.4 Å². The Morgan fingerprint density at radius 3 is 1.98 bits per heavy atom. The largest absolute Gasteiger partial charge is 0.354 e. The molecule has 8 heteroatoms. The standard InChI is InChI=1S/C36H41N3O4S/c1-5-22-37-36(41)34(24-30-12-8-6-9-13-30)38(25-31-14-10-7-11-15-31)35(40)26-39(32-19-18-28(3)29(4)23-32)44(42,43)33-20-16-27(2)17-21-33/h6-21,23,34H,5,22,24-26H2,1-4H3,(H,37,41)/t34-/m0/s1. The predicted molar refractivity (Wildman–Crippen MR) is 176 cm³/mol. The summed E-state index contributed by atoms with van der Waals surface area (Å²) in [5.41, 5.74) is 4.95. The summed E-state index contributed by atoms with van der Waals surface area (Å²) in [4.78, 5) is 29.8. The van der Waals surface area contributed by atoms with Crippen LogP contribution in [0, 0.1) is 20.8 Å². The first-order valence-electron chi connectivity index (χ1n) is 14.9. The third-order valence-corrected chi connectivity index (χ3v) is 9.47.